The van der Waals surface area contributed by atoms with Gasteiger partial charge in [0.05, 0.1) is 18.1 Å². The number of fused-ring (bicyclic) bond motifs is 1. The number of pyridine rings is 2. The van der Waals surface area contributed by atoms with Gasteiger partial charge in [-0.15, -0.1) is 0 Å². The summed E-state index contributed by atoms with van der Waals surface area (Å²) in [6.07, 6.45) is 8.46. The van der Waals surface area contributed by atoms with Crippen molar-refractivity contribution in [1.82, 2.24) is 24.8 Å². The van der Waals surface area contributed by atoms with E-state index in [9.17, 15) is 0 Å². The Balaban J connectivity index is 1.63. The number of nitrogens with one attached hydrogen (secondary N) is 1. The van der Waals surface area contributed by atoms with Gasteiger partial charge in [-0.25, -0.2) is 9.97 Å². The van der Waals surface area contributed by atoms with E-state index in [1.807, 2.05) is 37.6 Å². The molecule has 0 bridgehead atoms. The highest BCUT2D eigenvalue weighted by atomic mass is 15.2. The van der Waals surface area contributed by atoms with Crippen LogP contribution in [0, 0.1) is 0 Å². The van der Waals surface area contributed by atoms with E-state index >= 15 is 0 Å². The van der Waals surface area contributed by atoms with E-state index in [2.05, 4.69) is 49.1 Å². The lowest BCUT2D eigenvalue weighted by molar-refractivity contribution is 0.200. The molecule has 0 amide bonds. The second-order valence-electron chi connectivity index (χ2n) is 6.59. The second-order valence-corrected chi connectivity index (χ2v) is 6.59. The minimum Gasteiger partial charge on any atom is -0.363 e. The summed E-state index contributed by atoms with van der Waals surface area (Å²) in [5, 5.41) is 0. The molecule has 0 saturated carbocycles. The van der Waals surface area contributed by atoms with Crippen molar-refractivity contribution in [2.75, 3.05) is 25.5 Å². The average Bonchev–Trinajstić information content (AvgIpc) is 3.11. The normalized spacial score (nSPS) is 17.3. The molecular formula is C19H22N6. The Morgan fingerprint density at radius 2 is 2.00 bits per heavy atom. The number of H-pyrrole nitrogens is 1. The molecule has 0 unspecified atom stereocenters. The Kier molecular flexibility index (Phi) is 4.19. The van der Waals surface area contributed by atoms with Gasteiger partial charge < -0.3 is 9.88 Å². The maximum atomic E-state index is 4.60. The molecule has 4 rings (SSSR count). The first-order valence-corrected chi connectivity index (χ1v) is 8.51. The van der Waals surface area contributed by atoms with Gasteiger partial charge in [-0.2, -0.15) is 0 Å². The molecule has 1 aliphatic rings. The van der Waals surface area contributed by atoms with Crippen molar-refractivity contribution >= 4 is 5.82 Å². The fourth-order valence-corrected chi connectivity index (χ4v) is 3.42. The Labute approximate surface area is 147 Å². The van der Waals surface area contributed by atoms with Crippen molar-refractivity contribution in [2.24, 2.45) is 0 Å². The molecule has 6 heteroatoms. The fourth-order valence-electron chi connectivity index (χ4n) is 3.42. The molecule has 1 N–H and O–H groups in total. The van der Waals surface area contributed by atoms with Gasteiger partial charge >= 0.3 is 0 Å². The number of nitrogens with zero attached hydrogens (tertiary/aromatic N) is 5. The van der Waals surface area contributed by atoms with Gasteiger partial charge in [0.2, 0.25) is 0 Å². The molecule has 0 saturated heterocycles. The SMILES string of the molecule is CN(C)c1ccc(CN2CCc3[nH]cnc3[C@H]2c2ccncc2)cn1. The topological polar surface area (TPSA) is 60.9 Å². The summed E-state index contributed by atoms with van der Waals surface area (Å²) in [5.74, 6) is 0.975. The van der Waals surface area contributed by atoms with E-state index < -0.39 is 0 Å². The smallest absolute Gasteiger partial charge is 0.127 e. The first kappa shape index (κ1) is 15.8. The Bertz CT molecular complexity index is 825. The molecule has 0 aromatic carbocycles. The van der Waals surface area contributed by atoms with E-state index in [1.165, 1.54) is 16.8 Å². The molecule has 1 atom stereocenters. The number of hydrogen-bond acceptors (Lipinski definition) is 5. The number of anilines is 1. The quantitative estimate of drug-likeness (QED) is 0.794. The monoisotopic (exact) mass is 334 g/mol. The molecule has 0 spiro atoms. The number of rotatable bonds is 4. The molecule has 0 radical (unpaired) electrons. The van der Waals surface area contributed by atoms with Crippen LogP contribution < -0.4 is 4.90 Å². The van der Waals surface area contributed by atoms with Crippen LogP contribution in [0.5, 0.6) is 0 Å². The molecule has 0 fully saturated rings. The molecule has 4 heterocycles. The summed E-state index contributed by atoms with van der Waals surface area (Å²) in [5.41, 5.74) is 4.79. The van der Waals surface area contributed by atoms with Crippen LogP contribution in [0.15, 0.2) is 49.2 Å². The van der Waals surface area contributed by atoms with E-state index in [1.54, 1.807) is 6.33 Å². The summed E-state index contributed by atoms with van der Waals surface area (Å²) in [4.78, 5) is 21.1. The summed E-state index contributed by atoms with van der Waals surface area (Å²) in [7, 11) is 4.01. The highest BCUT2D eigenvalue weighted by molar-refractivity contribution is 5.37. The van der Waals surface area contributed by atoms with Crippen LogP contribution in [-0.4, -0.2) is 45.5 Å². The van der Waals surface area contributed by atoms with Crippen molar-refractivity contribution in [1.29, 1.82) is 0 Å². The van der Waals surface area contributed by atoms with Gasteiger partial charge in [-0.1, -0.05) is 6.07 Å². The van der Waals surface area contributed by atoms with Gasteiger partial charge in [0.1, 0.15) is 5.82 Å². The maximum absolute atomic E-state index is 4.60. The number of hydrogen-bond donors (Lipinski definition) is 1. The van der Waals surface area contributed by atoms with Crippen molar-refractivity contribution in [2.45, 2.75) is 19.0 Å². The summed E-state index contributed by atoms with van der Waals surface area (Å²) < 4.78 is 0. The lowest BCUT2D eigenvalue weighted by atomic mass is 9.96. The van der Waals surface area contributed by atoms with E-state index in [0.717, 1.165) is 31.0 Å². The summed E-state index contributed by atoms with van der Waals surface area (Å²) in [6, 6.07) is 8.53. The van der Waals surface area contributed by atoms with Gasteiger partial charge in [0.15, 0.2) is 0 Å². The standard InChI is InChI=1S/C19H22N6/c1-24(2)17-4-3-14(11-21-17)12-25-10-7-16-18(23-13-22-16)19(25)15-5-8-20-9-6-15/h3-6,8-9,11,13,19H,7,10,12H2,1-2H3,(H,22,23)/t19-/m1/s1. The van der Waals surface area contributed by atoms with Crippen LogP contribution in [0.3, 0.4) is 0 Å². The van der Waals surface area contributed by atoms with E-state index in [-0.39, 0.29) is 6.04 Å². The van der Waals surface area contributed by atoms with Gasteiger partial charge in [0.25, 0.3) is 0 Å². The van der Waals surface area contributed by atoms with Gasteiger partial charge in [0, 0.05) is 57.9 Å². The minimum atomic E-state index is 0.145. The lowest BCUT2D eigenvalue weighted by Crippen LogP contribution is -2.35. The third-order valence-electron chi connectivity index (χ3n) is 4.70. The molecule has 0 aliphatic carbocycles. The first-order valence-electron chi connectivity index (χ1n) is 8.51. The molecular weight excluding hydrogens is 312 g/mol. The minimum absolute atomic E-state index is 0.145. The molecule has 128 valence electrons. The molecule has 1 aliphatic heterocycles. The third kappa shape index (κ3) is 3.13. The predicted molar refractivity (Wildman–Crippen MR) is 97.3 cm³/mol. The van der Waals surface area contributed by atoms with Crippen LogP contribution in [0.25, 0.3) is 0 Å². The first-order chi connectivity index (χ1) is 12.2. The van der Waals surface area contributed by atoms with E-state index in [0.29, 0.717) is 0 Å². The Morgan fingerprint density at radius 3 is 2.72 bits per heavy atom. The van der Waals surface area contributed by atoms with Crippen LogP contribution >= 0.6 is 0 Å². The van der Waals surface area contributed by atoms with Crippen molar-refractivity contribution in [3.63, 3.8) is 0 Å². The summed E-state index contributed by atoms with van der Waals surface area (Å²) in [6.45, 7) is 1.83. The second kappa shape index (κ2) is 6.64. The van der Waals surface area contributed by atoms with E-state index in [4.69, 9.17) is 0 Å². The zero-order valence-corrected chi connectivity index (χ0v) is 14.6. The number of aromatic amines is 1. The molecule has 25 heavy (non-hydrogen) atoms. The highest BCUT2D eigenvalue weighted by Gasteiger charge is 2.30. The Hall–Kier alpha value is -2.73. The highest BCUT2D eigenvalue weighted by Crippen LogP contribution is 2.34. The van der Waals surface area contributed by atoms with Crippen LogP contribution in [0.1, 0.15) is 28.6 Å². The molecule has 3 aromatic rings. The maximum Gasteiger partial charge on any atom is 0.127 e. The van der Waals surface area contributed by atoms with Crippen LogP contribution in [-0.2, 0) is 13.0 Å². The van der Waals surface area contributed by atoms with Gasteiger partial charge in [-0.3, -0.25) is 9.88 Å². The molecule has 3 aromatic heterocycles. The lowest BCUT2D eigenvalue weighted by Gasteiger charge is -2.35. The van der Waals surface area contributed by atoms with Crippen molar-refractivity contribution < 1.29 is 0 Å². The zero-order chi connectivity index (χ0) is 17.2. The third-order valence-corrected chi connectivity index (χ3v) is 4.70. The van der Waals surface area contributed by atoms with Crippen LogP contribution in [0.4, 0.5) is 5.82 Å². The zero-order valence-electron chi connectivity index (χ0n) is 14.6. The largest absolute Gasteiger partial charge is 0.363 e. The summed E-state index contributed by atoms with van der Waals surface area (Å²) >= 11 is 0. The van der Waals surface area contributed by atoms with Gasteiger partial charge in [-0.05, 0) is 29.3 Å². The van der Waals surface area contributed by atoms with Crippen LogP contribution in [0.2, 0.25) is 0 Å². The number of imidazole rings is 1. The fraction of sp³-hybridized carbons (Fsp3) is 0.316. The Morgan fingerprint density at radius 1 is 1.16 bits per heavy atom. The average molecular weight is 334 g/mol. The van der Waals surface area contributed by atoms with Crippen molar-refractivity contribution in [3.8, 4) is 0 Å². The molecule has 6 nitrogen and oxygen atoms in total. The predicted octanol–water partition coefficient (Wildman–Crippen LogP) is 2.41. The van der Waals surface area contributed by atoms with Crippen molar-refractivity contribution in [3.05, 3.63) is 71.7 Å². The number of aromatic nitrogens is 4.